The lowest BCUT2D eigenvalue weighted by Crippen LogP contribution is -2.30. The molecule has 0 aliphatic carbocycles. The summed E-state index contributed by atoms with van der Waals surface area (Å²) < 4.78 is 3.12. The van der Waals surface area contributed by atoms with Gasteiger partial charge in [-0.3, -0.25) is 4.68 Å². The van der Waals surface area contributed by atoms with E-state index in [1.165, 1.54) is 15.6 Å². The first kappa shape index (κ1) is 13.3. The van der Waals surface area contributed by atoms with Gasteiger partial charge in [0.1, 0.15) is 0 Å². The lowest BCUT2D eigenvalue weighted by Gasteiger charge is -2.14. The fraction of sp³-hybridized carbons (Fsp3) is 0.357. The summed E-state index contributed by atoms with van der Waals surface area (Å²) in [6.45, 7) is 6.04. The predicted molar refractivity (Wildman–Crippen MR) is 77.4 cm³/mol. The first-order valence-electron chi connectivity index (χ1n) is 6.11. The number of nitrogens with zero attached hydrogens (tertiary/aromatic N) is 2. The molecule has 18 heavy (non-hydrogen) atoms. The Labute approximate surface area is 116 Å². The fourth-order valence-corrected chi connectivity index (χ4v) is 2.22. The molecule has 0 aliphatic heterocycles. The lowest BCUT2D eigenvalue weighted by molar-refractivity contribution is 0.451. The van der Waals surface area contributed by atoms with E-state index < -0.39 is 0 Å². The molecule has 0 amide bonds. The highest BCUT2D eigenvalue weighted by Crippen LogP contribution is 2.17. The second-order valence-electron chi connectivity index (χ2n) is 4.59. The first-order chi connectivity index (χ1) is 8.65. The molecule has 1 atom stereocenters. The van der Waals surface area contributed by atoms with Crippen molar-refractivity contribution in [3.63, 3.8) is 0 Å². The van der Waals surface area contributed by atoms with E-state index in [2.05, 4.69) is 58.4 Å². The van der Waals surface area contributed by atoms with Gasteiger partial charge in [-0.15, -0.1) is 0 Å². The molecule has 0 saturated carbocycles. The van der Waals surface area contributed by atoms with Crippen LogP contribution >= 0.6 is 15.9 Å². The van der Waals surface area contributed by atoms with E-state index in [1.54, 1.807) is 0 Å². The average molecular weight is 308 g/mol. The van der Waals surface area contributed by atoms with Crippen molar-refractivity contribution in [1.82, 2.24) is 15.1 Å². The zero-order valence-electron chi connectivity index (χ0n) is 10.7. The van der Waals surface area contributed by atoms with Crippen molar-refractivity contribution < 1.29 is 0 Å². The van der Waals surface area contributed by atoms with Gasteiger partial charge in [0.2, 0.25) is 0 Å². The van der Waals surface area contributed by atoms with Crippen molar-refractivity contribution in [3.05, 3.63) is 52.3 Å². The van der Waals surface area contributed by atoms with Crippen LogP contribution < -0.4 is 5.32 Å². The summed E-state index contributed by atoms with van der Waals surface area (Å²) in [6.07, 6.45) is 3.80. The second kappa shape index (κ2) is 6.16. The Morgan fingerprint density at radius 3 is 2.94 bits per heavy atom. The summed E-state index contributed by atoms with van der Waals surface area (Å²) >= 11 is 3.56. The molecule has 0 spiro atoms. The topological polar surface area (TPSA) is 29.9 Å². The third-order valence-electron chi connectivity index (χ3n) is 2.91. The monoisotopic (exact) mass is 307 g/mol. The molecular weight excluding hydrogens is 290 g/mol. The van der Waals surface area contributed by atoms with E-state index in [0.29, 0.717) is 6.04 Å². The molecule has 96 valence electrons. The van der Waals surface area contributed by atoms with E-state index in [0.717, 1.165) is 13.1 Å². The molecule has 0 saturated heterocycles. The van der Waals surface area contributed by atoms with Crippen LogP contribution in [0.3, 0.4) is 0 Å². The molecule has 1 unspecified atom stereocenters. The Bertz CT molecular complexity index is 494. The van der Waals surface area contributed by atoms with Gasteiger partial charge in [-0.05, 0) is 37.1 Å². The minimum atomic E-state index is 0.393. The van der Waals surface area contributed by atoms with Crippen molar-refractivity contribution in [2.24, 2.45) is 0 Å². The maximum absolute atomic E-state index is 4.21. The van der Waals surface area contributed by atoms with Crippen molar-refractivity contribution in [1.29, 1.82) is 0 Å². The summed E-state index contributed by atoms with van der Waals surface area (Å²) in [5, 5.41) is 7.71. The smallest absolute Gasteiger partial charge is 0.0560 e. The molecule has 3 nitrogen and oxygen atoms in total. The van der Waals surface area contributed by atoms with Gasteiger partial charge < -0.3 is 5.32 Å². The van der Waals surface area contributed by atoms with Gasteiger partial charge in [-0.1, -0.05) is 28.1 Å². The molecule has 0 fully saturated rings. The number of aryl methyl sites for hydroxylation is 1. The Kier molecular flexibility index (Phi) is 4.55. The van der Waals surface area contributed by atoms with E-state index in [-0.39, 0.29) is 0 Å². The highest BCUT2D eigenvalue weighted by molar-refractivity contribution is 9.10. The SMILES string of the molecule is Cc1ccc(CNC(C)Cn2cccn2)cc1Br. The summed E-state index contributed by atoms with van der Waals surface area (Å²) in [7, 11) is 0. The standard InChI is InChI=1S/C14H18BrN3/c1-11-4-5-13(8-14(11)15)9-16-12(2)10-18-7-3-6-17-18/h3-8,12,16H,9-10H2,1-2H3. The fourth-order valence-electron chi connectivity index (χ4n) is 1.79. The molecule has 0 aliphatic rings. The Balaban J connectivity index is 1.85. The number of halogens is 1. The number of hydrogen-bond donors (Lipinski definition) is 1. The first-order valence-corrected chi connectivity index (χ1v) is 6.90. The van der Waals surface area contributed by atoms with Gasteiger partial charge in [0, 0.05) is 29.5 Å². The number of rotatable bonds is 5. The molecular formula is C14H18BrN3. The minimum Gasteiger partial charge on any atom is -0.308 e. The maximum Gasteiger partial charge on any atom is 0.0560 e. The highest BCUT2D eigenvalue weighted by atomic mass is 79.9. The van der Waals surface area contributed by atoms with Crippen LogP contribution in [0.15, 0.2) is 41.1 Å². The van der Waals surface area contributed by atoms with Crippen LogP contribution in [0.4, 0.5) is 0 Å². The summed E-state index contributed by atoms with van der Waals surface area (Å²) in [4.78, 5) is 0. The molecule has 1 aromatic heterocycles. The second-order valence-corrected chi connectivity index (χ2v) is 5.45. The van der Waals surface area contributed by atoms with Gasteiger partial charge in [-0.2, -0.15) is 5.10 Å². The predicted octanol–water partition coefficient (Wildman–Crippen LogP) is 3.13. The zero-order valence-corrected chi connectivity index (χ0v) is 12.3. The number of nitrogens with one attached hydrogen (secondary N) is 1. The van der Waals surface area contributed by atoms with Crippen molar-refractivity contribution in [2.45, 2.75) is 33.0 Å². The van der Waals surface area contributed by atoms with E-state index in [4.69, 9.17) is 0 Å². The van der Waals surface area contributed by atoms with Crippen LogP contribution in [0.25, 0.3) is 0 Å². The molecule has 1 aromatic carbocycles. The van der Waals surface area contributed by atoms with Crippen LogP contribution in [0.2, 0.25) is 0 Å². The highest BCUT2D eigenvalue weighted by Gasteiger charge is 2.03. The molecule has 1 heterocycles. The Morgan fingerprint density at radius 1 is 1.44 bits per heavy atom. The van der Waals surface area contributed by atoms with Crippen molar-refractivity contribution in [3.8, 4) is 0 Å². The zero-order chi connectivity index (χ0) is 13.0. The molecule has 0 bridgehead atoms. The number of benzene rings is 1. The lowest BCUT2D eigenvalue weighted by atomic mass is 10.1. The number of aromatic nitrogens is 2. The largest absolute Gasteiger partial charge is 0.308 e. The van der Waals surface area contributed by atoms with Gasteiger partial charge in [0.05, 0.1) is 6.54 Å². The van der Waals surface area contributed by atoms with Gasteiger partial charge >= 0.3 is 0 Å². The summed E-state index contributed by atoms with van der Waals surface area (Å²) in [6, 6.07) is 8.81. The summed E-state index contributed by atoms with van der Waals surface area (Å²) in [5.74, 6) is 0. The molecule has 2 rings (SSSR count). The Hall–Kier alpha value is -1.13. The molecule has 2 aromatic rings. The molecule has 4 heteroatoms. The van der Waals surface area contributed by atoms with Crippen LogP contribution in [0.1, 0.15) is 18.1 Å². The van der Waals surface area contributed by atoms with Crippen LogP contribution in [0.5, 0.6) is 0 Å². The van der Waals surface area contributed by atoms with Gasteiger partial charge in [0.15, 0.2) is 0 Å². The average Bonchev–Trinajstić information content (AvgIpc) is 2.83. The third-order valence-corrected chi connectivity index (χ3v) is 3.77. The van der Waals surface area contributed by atoms with E-state index in [1.807, 2.05) is 23.1 Å². The van der Waals surface area contributed by atoms with Crippen LogP contribution in [-0.4, -0.2) is 15.8 Å². The van der Waals surface area contributed by atoms with Crippen LogP contribution in [0, 0.1) is 6.92 Å². The molecule has 0 radical (unpaired) electrons. The van der Waals surface area contributed by atoms with Crippen LogP contribution in [-0.2, 0) is 13.1 Å². The third kappa shape index (κ3) is 3.68. The summed E-state index contributed by atoms with van der Waals surface area (Å²) in [5.41, 5.74) is 2.56. The van der Waals surface area contributed by atoms with Gasteiger partial charge in [-0.25, -0.2) is 0 Å². The normalized spacial score (nSPS) is 12.6. The molecule has 1 N–H and O–H groups in total. The minimum absolute atomic E-state index is 0.393. The van der Waals surface area contributed by atoms with E-state index >= 15 is 0 Å². The van der Waals surface area contributed by atoms with Crippen molar-refractivity contribution in [2.75, 3.05) is 0 Å². The van der Waals surface area contributed by atoms with E-state index in [9.17, 15) is 0 Å². The maximum atomic E-state index is 4.21. The van der Waals surface area contributed by atoms with Gasteiger partial charge in [0.25, 0.3) is 0 Å². The Morgan fingerprint density at radius 2 is 2.28 bits per heavy atom. The van der Waals surface area contributed by atoms with Crippen molar-refractivity contribution >= 4 is 15.9 Å². The quantitative estimate of drug-likeness (QED) is 0.919. The number of hydrogen-bond acceptors (Lipinski definition) is 2.